The lowest BCUT2D eigenvalue weighted by Gasteiger charge is -2.30. The first kappa shape index (κ1) is 15.7. The van der Waals surface area contributed by atoms with E-state index in [1.54, 1.807) is 6.92 Å². The summed E-state index contributed by atoms with van der Waals surface area (Å²) in [6.45, 7) is 7.08. The summed E-state index contributed by atoms with van der Waals surface area (Å²) in [5, 5.41) is 2.94. The highest BCUT2D eigenvalue weighted by molar-refractivity contribution is 4.77. The number of hydrogen-bond donors (Lipinski definition) is 1. The normalized spacial score (nSPS) is 15.6. The van der Waals surface area contributed by atoms with Crippen LogP contribution < -0.4 is 5.32 Å². The van der Waals surface area contributed by atoms with Gasteiger partial charge in [0.25, 0.3) is 0 Å². The van der Waals surface area contributed by atoms with Crippen LogP contribution in [0.4, 0.5) is 13.2 Å². The minimum absolute atomic E-state index is 0.0244. The van der Waals surface area contributed by atoms with E-state index in [0.29, 0.717) is 6.54 Å². The zero-order chi connectivity index (χ0) is 13.0. The van der Waals surface area contributed by atoms with Crippen molar-refractivity contribution in [2.45, 2.75) is 39.4 Å². The molecule has 1 N–H and O–H groups in total. The zero-order valence-electron chi connectivity index (χ0n) is 10.8. The Hall–Kier alpha value is -0.290. The van der Waals surface area contributed by atoms with Crippen molar-refractivity contribution >= 4 is 0 Å². The fourth-order valence-electron chi connectivity index (χ4n) is 1.78. The van der Waals surface area contributed by atoms with Crippen LogP contribution in [0, 0.1) is 5.41 Å². The Labute approximate surface area is 96.2 Å². The third kappa shape index (κ3) is 8.97. The van der Waals surface area contributed by atoms with Gasteiger partial charge < -0.3 is 10.2 Å². The van der Waals surface area contributed by atoms with Crippen molar-refractivity contribution in [3.8, 4) is 0 Å². The van der Waals surface area contributed by atoms with Crippen molar-refractivity contribution in [1.82, 2.24) is 10.2 Å². The Morgan fingerprint density at radius 3 is 2.06 bits per heavy atom. The van der Waals surface area contributed by atoms with Gasteiger partial charge >= 0.3 is 6.18 Å². The van der Waals surface area contributed by atoms with E-state index < -0.39 is 18.6 Å². The number of nitrogens with zero attached hydrogens (tertiary/aromatic N) is 1. The second-order valence-electron chi connectivity index (χ2n) is 5.50. The molecule has 16 heavy (non-hydrogen) atoms. The molecule has 0 saturated heterocycles. The fraction of sp³-hybridized carbons (Fsp3) is 1.00. The van der Waals surface area contributed by atoms with E-state index in [0.717, 1.165) is 6.54 Å². The SMILES string of the molecule is CC(CC(F)(F)F)NCC(C)(C)CN(C)C. The van der Waals surface area contributed by atoms with Crippen LogP contribution in [0.3, 0.4) is 0 Å². The van der Waals surface area contributed by atoms with Crippen molar-refractivity contribution < 1.29 is 13.2 Å². The average molecular weight is 240 g/mol. The lowest BCUT2D eigenvalue weighted by molar-refractivity contribution is -0.139. The Morgan fingerprint density at radius 1 is 1.19 bits per heavy atom. The highest BCUT2D eigenvalue weighted by Crippen LogP contribution is 2.22. The van der Waals surface area contributed by atoms with Crippen molar-refractivity contribution in [3.63, 3.8) is 0 Å². The maximum absolute atomic E-state index is 12.1. The van der Waals surface area contributed by atoms with Gasteiger partial charge in [0.15, 0.2) is 0 Å². The van der Waals surface area contributed by atoms with E-state index in [2.05, 4.69) is 5.32 Å². The topological polar surface area (TPSA) is 15.3 Å². The Bertz CT molecular complexity index is 200. The van der Waals surface area contributed by atoms with E-state index in [9.17, 15) is 13.2 Å². The third-order valence-corrected chi connectivity index (χ3v) is 2.21. The molecule has 0 heterocycles. The summed E-state index contributed by atoms with van der Waals surface area (Å²) in [7, 11) is 3.92. The summed E-state index contributed by atoms with van der Waals surface area (Å²) in [5.41, 5.74) is -0.0244. The number of alkyl halides is 3. The van der Waals surface area contributed by atoms with Gasteiger partial charge in [0.2, 0.25) is 0 Å². The van der Waals surface area contributed by atoms with Crippen molar-refractivity contribution in [2.75, 3.05) is 27.2 Å². The minimum Gasteiger partial charge on any atom is -0.313 e. The number of halogens is 3. The zero-order valence-corrected chi connectivity index (χ0v) is 10.8. The van der Waals surface area contributed by atoms with Crippen molar-refractivity contribution in [3.05, 3.63) is 0 Å². The van der Waals surface area contributed by atoms with Crippen LogP contribution in [-0.4, -0.2) is 44.3 Å². The van der Waals surface area contributed by atoms with Gasteiger partial charge in [-0.1, -0.05) is 13.8 Å². The van der Waals surface area contributed by atoms with Crippen LogP contribution in [0.5, 0.6) is 0 Å². The Balaban J connectivity index is 3.95. The minimum atomic E-state index is -4.09. The predicted molar refractivity (Wildman–Crippen MR) is 60.5 cm³/mol. The van der Waals surface area contributed by atoms with Gasteiger partial charge in [-0.15, -0.1) is 0 Å². The molecule has 0 aromatic carbocycles. The fourth-order valence-corrected chi connectivity index (χ4v) is 1.78. The maximum Gasteiger partial charge on any atom is 0.390 e. The van der Waals surface area contributed by atoms with Gasteiger partial charge in [0.05, 0.1) is 6.42 Å². The molecule has 0 fully saturated rings. The molecular formula is C11H23F3N2. The molecule has 0 rings (SSSR count). The molecule has 98 valence electrons. The van der Waals surface area contributed by atoms with Crippen molar-refractivity contribution in [2.24, 2.45) is 5.41 Å². The summed E-state index contributed by atoms with van der Waals surface area (Å²) in [5.74, 6) is 0. The molecule has 1 unspecified atom stereocenters. The van der Waals surface area contributed by atoms with E-state index >= 15 is 0 Å². The molecule has 0 amide bonds. The molecule has 2 nitrogen and oxygen atoms in total. The van der Waals surface area contributed by atoms with Gasteiger partial charge in [0.1, 0.15) is 0 Å². The van der Waals surface area contributed by atoms with E-state index in [1.165, 1.54) is 0 Å². The number of nitrogens with one attached hydrogen (secondary N) is 1. The van der Waals surface area contributed by atoms with Gasteiger partial charge in [-0.2, -0.15) is 13.2 Å². The summed E-state index contributed by atoms with van der Waals surface area (Å²) >= 11 is 0. The lowest BCUT2D eigenvalue weighted by Crippen LogP contribution is -2.42. The smallest absolute Gasteiger partial charge is 0.313 e. The van der Waals surface area contributed by atoms with Gasteiger partial charge in [-0.05, 0) is 26.4 Å². The van der Waals surface area contributed by atoms with E-state index in [4.69, 9.17) is 0 Å². The first-order chi connectivity index (χ1) is 7.02. The first-order valence-electron chi connectivity index (χ1n) is 5.47. The summed E-state index contributed by atoms with van der Waals surface area (Å²) < 4.78 is 36.3. The lowest BCUT2D eigenvalue weighted by atomic mass is 9.92. The highest BCUT2D eigenvalue weighted by atomic mass is 19.4. The molecule has 0 aromatic rings. The molecular weight excluding hydrogens is 217 g/mol. The Kier molecular flexibility index (Phi) is 5.76. The van der Waals surface area contributed by atoms with Gasteiger partial charge in [-0.3, -0.25) is 0 Å². The van der Waals surface area contributed by atoms with Crippen LogP contribution in [0.25, 0.3) is 0 Å². The highest BCUT2D eigenvalue weighted by Gasteiger charge is 2.30. The molecule has 1 atom stereocenters. The van der Waals surface area contributed by atoms with E-state index in [-0.39, 0.29) is 5.41 Å². The maximum atomic E-state index is 12.1. The molecule has 0 spiro atoms. The standard InChI is InChI=1S/C11H23F3N2/c1-9(6-11(12,13)14)15-7-10(2,3)8-16(4)5/h9,15H,6-8H2,1-5H3. The molecule has 0 radical (unpaired) electrons. The molecule has 0 aliphatic heterocycles. The quantitative estimate of drug-likeness (QED) is 0.767. The average Bonchev–Trinajstić information content (AvgIpc) is 1.95. The second kappa shape index (κ2) is 5.87. The summed E-state index contributed by atoms with van der Waals surface area (Å²) in [6, 6.07) is -0.526. The first-order valence-corrected chi connectivity index (χ1v) is 5.47. The third-order valence-electron chi connectivity index (χ3n) is 2.21. The predicted octanol–water partition coefficient (Wildman–Crippen LogP) is 2.50. The molecule has 0 bridgehead atoms. The number of rotatable bonds is 6. The number of hydrogen-bond acceptors (Lipinski definition) is 2. The van der Waals surface area contributed by atoms with Gasteiger partial charge in [-0.25, -0.2) is 0 Å². The Morgan fingerprint density at radius 2 is 1.69 bits per heavy atom. The molecule has 0 aliphatic carbocycles. The molecule has 0 saturated carbocycles. The largest absolute Gasteiger partial charge is 0.390 e. The van der Waals surface area contributed by atoms with Crippen LogP contribution in [0.2, 0.25) is 0 Å². The van der Waals surface area contributed by atoms with Crippen LogP contribution >= 0.6 is 0 Å². The second-order valence-corrected chi connectivity index (χ2v) is 5.50. The molecule has 5 heteroatoms. The van der Waals surface area contributed by atoms with Crippen molar-refractivity contribution in [1.29, 1.82) is 0 Å². The van der Waals surface area contributed by atoms with Gasteiger partial charge in [0, 0.05) is 19.1 Å². The molecule has 0 aromatic heterocycles. The molecule has 0 aliphatic rings. The van der Waals surface area contributed by atoms with Crippen LogP contribution in [0.15, 0.2) is 0 Å². The van der Waals surface area contributed by atoms with Crippen LogP contribution in [-0.2, 0) is 0 Å². The summed E-state index contributed by atoms with van der Waals surface area (Å²) in [6.07, 6.45) is -4.86. The monoisotopic (exact) mass is 240 g/mol. The summed E-state index contributed by atoms with van der Waals surface area (Å²) in [4.78, 5) is 2.04. The van der Waals surface area contributed by atoms with Crippen LogP contribution in [0.1, 0.15) is 27.2 Å². The van der Waals surface area contributed by atoms with E-state index in [1.807, 2.05) is 32.8 Å².